The Labute approximate surface area is 178 Å². The van der Waals surface area contributed by atoms with Crippen LogP contribution in [0, 0.1) is 5.82 Å². The van der Waals surface area contributed by atoms with Gasteiger partial charge in [-0.05, 0) is 43.0 Å². The molecule has 1 N–H and O–H groups in total. The fourth-order valence-electron chi connectivity index (χ4n) is 4.27. The Bertz CT molecular complexity index is 1150. The third kappa shape index (κ3) is 3.78. The zero-order valence-corrected chi connectivity index (χ0v) is 17.2. The maximum absolute atomic E-state index is 13.1. The predicted octanol–water partition coefficient (Wildman–Crippen LogP) is 3.16. The maximum Gasteiger partial charge on any atom is 0.259 e. The number of pyridine rings is 1. The molecule has 1 unspecified atom stereocenters. The Morgan fingerprint density at radius 3 is 2.68 bits per heavy atom. The standard InChI is InChI=1S/C23H23FN4O3/c1-25-22(30)17-11-18(14-4-5-14)26-23-20(17)21(27-31-23)15-8-9-28(12-15)19(29)10-13-2-6-16(24)7-3-13/h2-3,6-7,11,14-15H,4-5,8-10,12H2,1H3,(H,25,30). The fraction of sp³-hybridized carbons (Fsp3) is 0.391. The summed E-state index contributed by atoms with van der Waals surface area (Å²) in [6.07, 6.45) is 3.09. The van der Waals surface area contributed by atoms with Crippen LogP contribution in [-0.4, -0.2) is 47.0 Å². The summed E-state index contributed by atoms with van der Waals surface area (Å²) in [5, 5.41) is 7.60. The molecule has 1 aliphatic carbocycles. The fourth-order valence-corrected chi connectivity index (χ4v) is 4.27. The average molecular weight is 422 g/mol. The zero-order valence-electron chi connectivity index (χ0n) is 17.2. The summed E-state index contributed by atoms with van der Waals surface area (Å²) in [6.45, 7) is 1.10. The van der Waals surface area contributed by atoms with Gasteiger partial charge in [0.1, 0.15) is 5.82 Å². The molecule has 0 spiro atoms. The van der Waals surface area contributed by atoms with Gasteiger partial charge in [-0.15, -0.1) is 0 Å². The normalized spacial score (nSPS) is 18.5. The van der Waals surface area contributed by atoms with Gasteiger partial charge in [0.15, 0.2) is 0 Å². The number of nitrogens with one attached hydrogen (secondary N) is 1. The molecule has 160 valence electrons. The van der Waals surface area contributed by atoms with E-state index in [4.69, 9.17) is 4.52 Å². The lowest BCUT2D eigenvalue weighted by Crippen LogP contribution is -2.30. The van der Waals surface area contributed by atoms with E-state index in [0.717, 1.165) is 30.5 Å². The lowest BCUT2D eigenvalue weighted by molar-refractivity contribution is -0.129. The van der Waals surface area contributed by atoms with E-state index in [9.17, 15) is 14.0 Å². The van der Waals surface area contributed by atoms with Crippen LogP contribution in [0.3, 0.4) is 0 Å². The van der Waals surface area contributed by atoms with Crippen LogP contribution < -0.4 is 5.32 Å². The Kier molecular flexibility index (Phi) is 4.92. The van der Waals surface area contributed by atoms with Gasteiger partial charge in [-0.25, -0.2) is 9.37 Å². The van der Waals surface area contributed by atoms with Crippen LogP contribution in [0.15, 0.2) is 34.9 Å². The first kappa shape index (κ1) is 19.7. The number of halogens is 1. The van der Waals surface area contributed by atoms with Crippen molar-refractivity contribution in [3.8, 4) is 0 Å². The first-order valence-corrected chi connectivity index (χ1v) is 10.6. The zero-order chi connectivity index (χ0) is 21.5. The van der Waals surface area contributed by atoms with Crippen molar-refractivity contribution < 1.29 is 18.5 Å². The first-order chi connectivity index (χ1) is 15.0. The van der Waals surface area contributed by atoms with Gasteiger partial charge in [0, 0.05) is 37.7 Å². The highest BCUT2D eigenvalue weighted by atomic mass is 19.1. The number of amides is 2. The minimum absolute atomic E-state index is 0.0115. The van der Waals surface area contributed by atoms with Crippen molar-refractivity contribution in [2.45, 2.75) is 37.5 Å². The summed E-state index contributed by atoms with van der Waals surface area (Å²) in [6, 6.07) is 7.83. The summed E-state index contributed by atoms with van der Waals surface area (Å²) < 4.78 is 18.6. The number of rotatable bonds is 5. The summed E-state index contributed by atoms with van der Waals surface area (Å²) >= 11 is 0. The summed E-state index contributed by atoms with van der Waals surface area (Å²) in [5.41, 5.74) is 3.24. The molecule has 8 heteroatoms. The van der Waals surface area contributed by atoms with E-state index in [2.05, 4.69) is 15.5 Å². The molecule has 2 fully saturated rings. The lowest BCUT2D eigenvalue weighted by Gasteiger charge is -2.16. The summed E-state index contributed by atoms with van der Waals surface area (Å²) in [5.74, 6) is -0.174. The third-order valence-electron chi connectivity index (χ3n) is 6.16. The van der Waals surface area contributed by atoms with Crippen LogP contribution in [0.1, 0.15) is 58.4 Å². The molecule has 2 aromatic heterocycles. The molecule has 31 heavy (non-hydrogen) atoms. The SMILES string of the molecule is CNC(=O)c1cc(C2CC2)nc2onc(C3CCN(C(=O)Cc4ccc(F)cc4)C3)c12. The van der Waals surface area contributed by atoms with Crippen molar-refractivity contribution in [3.63, 3.8) is 0 Å². The minimum Gasteiger partial charge on any atom is -0.355 e. The molecular weight excluding hydrogens is 399 g/mol. The molecule has 0 radical (unpaired) electrons. The van der Waals surface area contributed by atoms with Crippen LogP contribution >= 0.6 is 0 Å². The van der Waals surface area contributed by atoms with Crippen LogP contribution in [0.5, 0.6) is 0 Å². The maximum atomic E-state index is 13.1. The number of nitrogens with zero attached hydrogens (tertiary/aromatic N) is 3. The van der Waals surface area contributed by atoms with E-state index in [1.165, 1.54) is 12.1 Å². The Hall–Kier alpha value is -3.29. The van der Waals surface area contributed by atoms with Crippen molar-refractivity contribution in [3.05, 3.63) is 58.7 Å². The average Bonchev–Trinajstić information content (AvgIpc) is 3.36. The van der Waals surface area contributed by atoms with Crippen LogP contribution in [0.25, 0.3) is 11.1 Å². The van der Waals surface area contributed by atoms with Crippen molar-refractivity contribution in [1.82, 2.24) is 20.4 Å². The van der Waals surface area contributed by atoms with Gasteiger partial charge in [-0.2, -0.15) is 0 Å². The van der Waals surface area contributed by atoms with Gasteiger partial charge < -0.3 is 14.7 Å². The topological polar surface area (TPSA) is 88.3 Å². The molecule has 1 saturated carbocycles. The largest absolute Gasteiger partial charge is 0.355 e. The molecule has 1 saturated heterocycles. The second kappa shape index (κ2) is 7.76. The molecule has 1 atom stereocenters. The predicted molar refractivity (Wildman–Crippen MR) is 111 cm³/mol. The highest BCUT2D eigenvalue weighted by molar-refractivity contribution is 6.06. The van der Waals surface area contributed by atoms with Gasteiger partial charge in [0.25, 0.3) is 11.6 Å². The number of fused-ring (bicyclic) bond motifs is 1. The number of carbonyl (C=O) groups excluding carboxylic acids is 2. The number of hydrogen-bond donors (Lipinski definition) is 1. The molecule has 2 amide bonds. The van der Waals surface area contributed by atoms with Crippen molar-refractivity contribution in [2.24, 2.45) is 0 Å². The summed E-state index contributed by atoms with van der Waals surface area (Å²) in [4.78, 5) is 31.7. The highest BCUT2D eigenvalue weighted by Gasteiger charge is 2.34. The van der Waals surface area contributed by atoms with E-state index >= 15 is 0 Å². The molecular formula is C23H23FN4O3. The van der Waals surface area contributed by atoms with Crippen molar-refractivity contribution in [2.75, 3.05) is 20.1 Å². The number of carbonyl (C=O) groups is 2. The van der Waals surface area contributed by atoms with E-state index in [0.29, 0.717) is 41.4 Å². The molecule has 5 rings (SSSR count). The van der Waals surface area contributed by atoms with Crippen molar-refractivity contribution in [1.29, 1.82) is 0 Å². The van der Waals surface area contributed by atoms with Crippen LogP contribution in [0.2, 0.25) is 0 Å². The van der Waals surface area contributed by atoms with Gasteiger partial charge in [-0.3, -0.25) is 9.59 Å². The molecule has 2 aliphatic rings. The third-order valence-corrected chi connectivity index (χ3v) is 6.16. The molecule has 1 aliphatic heterocycles. The van der Waals surface area contributed by atoms with Gasteiger partial charge in [0.2, 0.25) is 5.91 Å². The smallest absolute Gasteiger partial charge is 0.259 e. The molecule has 3 aromatic rings. The molecule has 7 nitrogen and oxygen atoms in total. The first-order valence-electron chi connectivity index (χ1n) is 10.6. The molecule has 1 aromatic carbocycles. The second-order valence-electron chi connectivity index (χ2n) is 8.32. The number of aromatic nitrogens is 2. The highest BCUT2D eigenvalue weighted by Crippen LogP contribution is 2.41. The minimum atomic E-state index is -0.319. The van der Waals surface area contributed by atoms with Gasteiger partial charge >= 0.3 is 0 Å². The van der Waals surface area contributed by atoms with Crippen LogP contribution in [0.4, 0.5) is 4.39 Å². The quantitative estimate of drug-likeness (QED) is 0.682. The monoisotopic (exact) mass is 422 g/mol. The van der Waals surface area contributed by atoms with Gasteiger partial charge in [0.05, 0.1) is 23.1 Å². The second-order valence-corrected chi connectivity index (χ2v) is 8.32. The van der Waals surface area contributed by atoms with E-state index in [1.807, 2.05) is 6.07 Å². The van der Waals surface area contributed by atoms with E-state index < -0.39 is 0 Å². The number of hydrogen-bond acceptors (Lipinski definition) is 5. The molecule has 0 bridgehead atoms. The molecule has 3 heterocycles. The number of benzene rings is 1. The van der Waals surface area contributed by atoms with Crippen LogP contribution in [-0.2, 0) is 11.2 Å². The van der Waals surface area contributed by atoms with Gasteiger partial charge in [-0.1, -0.05) is 17.3 Å². The van der Waals surface area contributed by atoms with E-state index in [1.54, 1.807) is 24.1 Å². The van der Waals surface area contributed by atoms with E-state index in [-0.39, 0.29) is 30.0 Å². The van der Waals surface area contributed by atoms with Crippen molar-refractivity contribution >= 4 is 22.9 Å². The number of likely N-dealkylation sites (tertiary alicyclic amines) is 1. The Morgan fingerprint density at radius 2 is 1.97 bits per heavy atom. The lowest BCUT2D eigenvalue weighted by atomic mass is 9.98. The Morgan fingerprint density at radius 1 is 1.19 bits per heavy atom. The summed E-state index contributed by atoms with van der Waals surface area (Å²) in [7, 11) is 1.60. The Balaban J connectivity index is 1.39.